The first-order valence-electron chi connectivity index (χ1n) is 12.8. The Kier molecular flexibility index (Phi) is 7.51. The Labute approximate surface area is 219 Å². The molecule has 0 bridgehead atoms. The van der Waals surface area contributed by atoms with Crippen LogP contribution >= 0.6 is 0 Å². The molecule has 8 nitrogen and oxygen atoms in total. The van der Waals surface area contributed by atoms with E-state index in [4.69, 9.17) is 4.74 Å². The molecule has 2 aromatic rings. The van der Waals surface area contributed by atoms with Crippen molar-refractivity contribution in [3.8, 4) is 0 Å². The molecule has 0 spiro atoms. The van der Waals surface area contributed by atoms with Crippen LogP contribution in [0.1, 0.15) is 43.1 Å². The molecule has 1 fully saturated rings. The van der Waals surface area contributed by atoms with Crippen molar-refractivity contribution < 1.29 is 22.7 Å². The smallest absolute Gasteiger partial charge is 0.379 e. The second-order valence-corrected chi connectivity index (χ2v) is 9.78. The summed E-state index contributed by atoms with van der Waals surface area (Å²) >= 11 is 0. The van der Waals surface area contributed by atoms with Crippen LogP contribution in [0, 0.1) is 6.92 Å². The summed E-state index contributed by atoms with van der Waals surface area (Å²) in [5.74, 6) is -0.295. The number of alkyl halides is 3. The van der Waals surface area contributed by atoms with E-state index in [1.807, 2.05) is 13.0 Å². The number of aromatic nitrogens is 2. The number of halogens is 3. The molecule has 202 valence electrons. The van der Waals surface area contributed by atoms with Gasteiger partial charge in [0.05, 0.1) is 48.2 Å². The quantitative estimate of drug-likeness (QED) is 0.599. The third kappa shape index (κ3) is 5.59. The molecule has 3 aliphatic rings. The van der Waals surface area contributed by atoms with E-state index in [0.29, 0.717) is 28.7 Å². The maximum Gasteiger partial charge on any atom is 0.433 e. The van der Waals surface area contributed by atoms with Gasteiger partial charge in [0.15, 0.2) is 0 Å². The molecule has 4 heterocycles. The van der Waals surface area contributed by atoms with Crippen LogP contribution in [0.15, 0.2) is 47.9 Å². The fourth-order valence-electron chi connectivity index (χ4n) is 5.25. The molecule has 2 aromatic heterocycles. The minimum Gasteiger partial charge on any atom is -0.379 e. The average Bonchev–Trinajstić information content (AvgIpc) is 3.30. The SMILES string of the molecule is CC1=C(C(=O)Nc2cnc(C3=CCC(N4CCOCC4)CC3)c(C)c2)CNN1c1ccc(C(F)(F)F)nc1. The van der Waals surface area contributed by atoms with E-state index < -0.39 is 11.9 Å². The van der Waals surface area contributed by atoms with Crippen LogP contribution in [0.25, 0.3) is 5.57 Å². The first-order valence-corrected chi connectivity index (χ1v) is 12.8. The number of nitrogens with zero attached hydrogens (tertiary/aromatic N) is 4. The largest absolute Gasteiger partial charge is 0.433 e. The zero-order valence-corrected chi connectivity index (χ0v) is 21.4. The number of allylic oxidation sites excluding steroid dienone is 2. The number of carbonyl (C=O) groups excluding carboxylic acids is 1. The molecule has 1 aliphatic carbocycles. The second-order valence-electron chi connectivity index (χ2n) is 9.78. The number of aryl methyl sites for hydroxylation is 1. The monoisotopic (exact) mass is 528 g/mol. The summed E-state index contributed by atoms with van der Waals surface area (Å²) in [5, 5.41) is 4.47. The molecule has 1 atom stereocenters. The van der Waals surface area contributed by atoms with Gasteiger partial charge in [-0.3, -0.25) is 19.7 Å². The van der Waals surface area contributed by atoms with Crippen molar-refractivity contribution in [1.29, 1.82) is 0 Å². The molecule has 1 saturated heterocycles. The van der Waals surface area contributed by atoms with Gasteiger partial charge in [-0.1, -0.05) is 6.08 Å². The van der Waals surface area contributed by atoms with E-state index in [-0.39, 0.29) is 12.5 Å². The lowest BCUT2D eigenvalue weighted by molar-refractivity contribution is -0.141. The van der Waals surface area contributed by atoms with Crippen LogP contribution in [0.2, 0.25) is 0 Å². The highest BCUT2D eigenvalue weighted by atomic mass is 19.4. The highest BCUT2D eigenvalue weighted by Gasteiger charge is 2.33. The highest BCUT2D eigenvalue weighted by molar-refractivity contribution is 6.05. The third-order valence-corrected chi connectivity index (χ3v) is 7.34. The van der Waals surface area contributed by atoms with Gasteiger partial charge in [-0.05, 0) is 62.4 Å². The Morgan fingerprint density at radius 3 is 2.58 bits per heavy atom. The first-order chi connectivity index (χ1) is 18.2. The molecule has 5 rings (SSSR count). The topological polar surface area (TPSA) is 82.6 Å². The highest BCUT2D eigenvalue weighted by Crippen LogP contribution is 2.32. The van der Waals surface area contributed by atoms with Crippen LogP contribution in [0.4, 0.5) is 24.5 Å². The minimum absolute atomic E-state index is 0.236. The standard InChI is InChI=1S/C27H31F3N6O2/c1-17-13-20(14-32-25(17)19-3-5-21(6-4-19)35-9-11-38-12-10-35)34-26(37)23-16-33-36(18(23)2)22-7-8-24(31-15-22)27(28,29)30/h3,7-8,13-15,21,33H,4-6,9-12,16H2,1-2H3,(H,34,37). The molecule has 2 aliphatic heterocycles. The van der Waals surface area contributed by atoms with Gasteiger partial charge in [-0.15, -0.1) is 0 Å². The Morgan fingerprint density at radius 2 is 1.95 bits per heavy atom. The van der Waals surface area contributed by atoms with E-state index in [9.17, 15) is 18.0 Å². The fourth-order valence-corrected chi connectivity index (χ4v) is 5.25. The van der Waals surface area contributed by atoms with Gasteiger partial charge < -0.3 is 10.1 Å². The Bertz CT molecular complexity index is 1250. The van der Waals surface area contributed by atoms with Gasteiger partial charge in [0.2, 0.25) is 0 Å². The van der Waals surface area contributed by atoms with Crippen LogP contribution in [0.3, 0.4) is 0 Å². The summed E-state index contributed by atoms with van der Waals surface area (Å²) in [5.41, 5.74) is 7.34. The predicted octanol–water partition coefficient (Wildman–Crippen LogP) is 4.31. The number of rotatable bonds is 5. The van der Waals surface area contributed by atoms with E-state index in [1.54, 1.807) is 18.1 Å². The van der Waals surface area contributed by atoms with Crippen molar-refractivity contribution in [2.24, 2.45) is 0 Å². The zero-order valence-electron chi connectivity index (χ0n) is 21.4. The van der Waals surface area contributed by atoms with Crippen LogP contribution in [0.5, 0.6) is 0 Å². The number of morpholine rings is 1. The van der Waals surface area contributed by atoms with Crippen molar-refractivity contribution in [2.75, 3.05) is 43.2 Å². The summed E-state index contributed by atoms with van der Waals surface area (Å²) in [6.45, 7) is 7.55. The lowest BCUT2D eigenvalue weighted by Crippen LogP contribution is -2.43. The Balaban J connectivity index is 1.23. The molecule has 1 unspecified atom stereocenters. The number of amides is 1. The fraction of sp³-hybridized carbons (Fsp3) is 0.444. The van der Waals surface area contributed by atoms with E-state index in [0.717, 1.165) is 69.1 Å². The van der Waals surface area contributed by atoms with Gasteiger partial charge in [-0.25, -0.2) is 10.4 Å². The molecule has 11 heteroatoms. The number of pyridine rings is 2. The van der Waals surface area contributed by atoms with Crippen molar-refractivity contribution in [1.82, 2.24) is 20.3 Å². The second kappa shape index (κ2) is 10.8. The number of carbonyl (C=O) groups is 1. The van der Waals surface area contributed by atoms with E-state index in [2.05, 4.69) is 31.7 Å². The molecule has 38 heavy (non-hydrogen) atoms. The number of hydrogen-bond donors (Lipinski definition) is 2. The molecular formula is C27H31F3N6O2. The lowest BCUT2D eigenvalue weighted by atomic mass is 9.90. The normalized spacial score (nSPS) is 21.0. The maximum absolute atomic E-state index is 13.0. The average molecular weight is 529 g/mol. The first kappa shape index (κ1) is 26.3. The summed E-state index contributed by atoms with van der Waals surface area (Å²) in [4.78, 5) is 23.7. The Morgan fingerprint density at radius 1 is 1.16 bits per heavy atom. The van der Waals surface area contributed by atoms with Crippen LogP contribution in [-0.2, 0) is 15.7 Å². The summed E-state index contributed by atoms with van der Waals surface area (Å²) in [6, 6.07) is 4.71. The molecule has 0 aromatic carbocycles. The minimum atomic E-state index is -4.51. The van der Waals surface area contributed by atoms with E-state index >= 15 is 0 Å². The Hall–Kier alpha value is -3.28. The van der Waals surface area contributed by atoms with Gasteiger partial charge in [0.25, 0.3) is 5.91 Å². The van der Waals surface area contributed by atoms with Crippen molar-refractivity contribution in [2.45, 2.75) is 45.3 Å². The third-order valence-electron chi connectivity index (χ3n) is 7.34. The summed E-state index contributed by atoms with van der Waals surface area (Å²) < 4.78 is 43.9. The number of hydrazine groups is 1. The number of hydrogen-bond acceptors (Lipinski definition) is 7. The van der Waals surface area contributed by atoms with Crippen molar-refractivity contribution in [3.63, 3.8) is 0 Å². The molecular weight excluding hydrogens is 497 g/mol. The van der Waals surface area contributed by atoms with E-state index in [1.165, 1.54) is 11.6 Å². The molecule has 0 saturated carbocycles. The van der Waals surface area contributed by atoms with Gasteiger partial charge in [0, 0.05) is 31.4 Å². The lowest BCUT2D eigenvalue weighted by Gasteiger charge is -2.36. The molecule has 0 radical (unpaired) electrons. The molecule has 2 N–H and O–H groups in total. The maximum atomic E-state index is 13.0. The predicted molar refractivity (Wildman–Crippen MR) is 138 cm³/mol. The van der Waals surface area contributed by atoms with Crippen molar-refractivity contribution >= 4 is 22.9 Å². The van der Waals surface area contributed by atoms with Gasteiger partial charge >= 0.3 is 6.18 Å². The van der Waals surface area contributed by atoms with Crippen LogP contribution in [-0.4, -0.2) is 59.7 Å². The van der Waals surface area contributed by atoms with Gasteiger partial charge in [0.1, 0.15) is 5.69 Å². The molecule has 1 amide bonds. The van der Waals surface area contributed by atoms with Gasteiger partial charge in [-0.2, -0.15) is 13.2 Å². The summed E-state index contributed by atoms with van der Waals surface area (Å²) in [6.07, 6.45) is 3.65. The van der Waals surface area contributed by atoms with Crippen molar-refractivity contribution in [3.05, 3.63) is 64.9 Å². The number of anilines is 2. The van der Waals surface area contributed by atoms with Crippen LogP contribution < -0.4 is 15.8 Å². The summed E-state index contributed by atoms with van der Waals surface area (Å²) in [7, 11) is 0. The number of nitrogens with one attached hydrogen (secondary N) is 2. The number of ether oxygens (including phenoxy) is 1. The zero-order chi connectivity index (χ0) is 26.9.